The van der Waals surface area contributed by atoms with Crippen LogP contribution in [0, 0.1) is 5.92 Å². The molecule has 3 aliphatic rings. The minimum atomic E-state index is -0.399. The fourth-order valence-electron chi connectivity index (χ4n) is 6.28. The number of phenolic OH excluding ortho intramolecular Hbond substituents is 1. The van der Waals surface area contributed by atoms with Crippen LogP contribution in [-0.2, 0) is 11.2 Å². The molecule has 9 heteroatoms. The highest BCUT2D eigenvalue weighted by Crippen LogP contribution is 2.30. The number of fused-ring (bicyclic) bond motifs is 4. The summed E-state index contributed by atoms with van der Waals surface area (Å²) in [6.45, 7) is 3.65. The molecule has 0 spiro atoms. The van der Waals surface area contributed by atoms with E-state index < -0.39 is 6.09 Å². The molecule has 9 nitrogen and oxygen atoms in total. The summed E-state index contributed by atoms with van der Waals surface area (Å²) in [5.41, 5.74) is 3.33. The molecule has 2 bridgehead atoms. The van der Waals surface area contributed by atoms with Gasteiger partial charge < -0.3 is 25.5 Å². The van der Waals surface area contributed by atoms with Crippen LogP contribution in [0.5, 0.6) is 5.75 Å². The fraction of sp³-hybridized carbons (Fsp3) is 0.324. The largest absolute Gasteiger partial charge is 0.506 e. The van der Waals surface area contributed by atoms with Crippen molar-refractivity contribution in [3.05, 3.63) is 111 Å². The van der Waals surface area contributed by atoms with Crippen LogP contribution in [-0.4, -0.2) is 65.7 Å². The highest BCUT2D eigenvalue weighted by atomic mass is 16.6. The summed E-state index contributed by atoms with van der Waals surface area (Å²) in [7, 11) is 0. The number of ketones is 1. The average Bonchev–Trinajstić information content (AvgIpc) is 3.03. The maximum Gasteiger partial charge on any atom is 0.408 e. The topological polar surface area (TPSA) is 124 Å². The van der Waals surface area contributed by atoms with Crippen molar-refractivity contribution in [1.29, 1.82) is 0 Å². The number of amides is 1. The average molecular weight is 581 g/mol. The molecule has 43 heavy (non-hydrogen) atoms. The molecule has 7 rings (SSSR count). The van der Waals surface area contributed by atoms with Crippen molar-refractivity contribution in [3.8, 4) is 5.75 Å². The molecule has 1 aromatic heterocycles. The van der Waals surface area contributed by atoms with Crippen LogP contribution in [0.2, 0.25) is 0 Å². The van der Waals surface area contributed by atoms with E-state index >= 15 is 0 Å². The van der Waals surface area contributed by atoms with E-state index in [1.807, 2.05) is 48.5 Å². The first-order valence-electron chi connectivity index (χ1n) is 14.9. The number of nitrogens with zero attached hydrogens (tertiary/aromatic N) is 1. The van der Waals surface area contributed by atoms with Gasteiger partial charge in [0.1, 0.15) is 11.9 Å². The number of Topliss-reactive ketones (excluding diaryl/α,β-unsaturated/α-hetero) is 1. The van der Waals surface area contributed by atoms with Gasteiger partial charge in [-0.05, 0) is 79.7 Å². The molecular formula is C34H36N4O5. The SMILES string of the molecule is O=C(NC(c1ccccc1)c1cccc(CCNCC(=O)c2ccc(O)c3[nH]c(=O)ccc23)c1)O[C@H]1CN2CCC1CC2. The van der Waals surface area contributed by atoms with Gasteiger partial charge in [-0.2, -0.15) is 0 Å². The second-order valence-corrected chi connectivity index (χ2v) is 11.4. The van der Waals surface area contributed by atoms with Crippen LogP contribution in [0.3, 0.4) is 0 Å². The Hall–Kier alpha value is -4.47. The molecule has 2 atom stereocenters. The van der Waals surface area contributed by atoms with E-state index in [4.69, 9.17) is 4.74 Å². The van der Waals surface area contributed by atoms with E-state index in [2.05, 4.69) is 26.6 Å². The quantitative estimate of drug-likeness (QED) is 0.164. The van der Waals surface area contributed by atoms with Crippen LogP contribution < -0.4 is 16.2 Å². The zero-order valence-electron chi connectivity index (χ0n) is 23.9. The Morgan fingerprint density at radius 1 is 0.977 bits per heavy atom. The highest BCUT2D eigenvalue weighted by molar-refractivity contribution is 6.09. The summed E-state index contributed by atoms with van der Waals surface area (Å²) in [4.78, 5) is 42.7. The summed E-state index contributed by atoms with van der Waals surface area (Å²) < 4.78 is 5.94. The number of nitrogens with one attached hydrogen (secondary N) is 3. The Morgan fingerprint density at radius 2 is 1.77 bits per heavy atom. The van der Waals surface area contributed by atoms with Crippen LogP contribution in [0.25, 0.3) is 10.9 Å². The Labute approximate surface area is 249 Å². The number of carbonyl (C=O) groups excluding carboxylic acids is 2. The lowest BCUT2D eigenvalue weighted by atomic mass is 9.86. The maximum absolute atomic E-state index is 13.1. The number of benzene rings is 3. The van der Waals surface area contributed by atoms with Gasteiger partial charge in [0.25, 0.3) is 0 Å². The normalized spacial score (nSPS) is 20.0. The van der Waals surface area contributed by atoms with Crippen LogP contribution in [0.1, 0.15) is 45.9 Å². The summed E-state index contributed by atoms with van der Waals surface area (Å²) in [6, 6.07) is 23.5. The predicted molar refractivity (Wildman–Crippen MR) is 164 cm³/mol. The van der Waals surface area contributed by atoms with E-state index in [1.165, 1.54) is 12.1 Å². The van der Waals surface area contributed by atoms with Crippen LogP contribution in [0.15, 0.2) is 83.7 Å². The number of aromatic nitrogens is 1. The number of aromatic hydroxyl groups is 1. The second kappa shape index (κ2) is 12.8. The number of alkyl carbamates (subject to hydrolysis) is 1. The van der Waals surface area contributed by atoms with Crippen LogP contribution in [0.4, 0.5) is 4.79 Å². The van der Waals surface area contributed by atoms with Crippen molar-refractivity contribution in [2.75, 3.05) is 32.7 Å². The molecule has 0 saturated carbocycles. The Kier molecular flexibility index (Phi) is 8.53. The summed E-state index contributed by atoms with van der Waals surface area (Å²) >= 11 is 0. The van der Waals surface area contributed by atoms with Gasteiger partial charge in [0.15, 0.2) is 5.78 Å². The van der Waals surface area contributed by atoms with E-state index in [0.29, 0.717) is 29.8 Å². The van der Waals surface area contributed by atoms with Crippen molar-refractivity contribution in [2.24, 2.45) is 5.92 Å². The number of piperidine rings is 3. The molecule has 1 unspecified atom stereocenters. The first kappa shape index (κ1) is 28.6. The molecule has 3 saturated heterocycles. The summed E-state index contributed by atoms with van der Waals surface area (Å²) in [5, 5.41) is 16.9. The van der Waals surface area contributed by atoms with Crippen molar-refractivity contribution in [2.45, 2.75) is 31.4 Å². The van der Waals surface area contributed by atoms with Gasteiger partial charge in [0.05, 0.1) is 18.1 Å². The molecular weight excluding hydrogens is 544 g/mol. The van der Waals surface area contributed by atoms with Crippen LogP contribution >= 0.6 is 0 Å². The van der Waals surface area contributed by atoms with Gasteiger partial charge in [-0.1, -0.05) is 54.6 Å². The lowest BCUT2D eigenvalue weighted by Gasteiger charge is -2.43. The van der Waals surface area contributed by atoms with Gasteiger partial charge in [-0.15, -0.1) is 0 Å². The highest BCUT2D eigenvalue weighted by Gasteiger charge is 2.36. The van der Waals surface area contributed by atoms with Crippen molar-refractivity contribution in [3.63, 3.8) is 0 Å². The minimum Gasteiger partial charge on any atom is -0.506 e. The predicted octanol–water partition coefficient (Wildman–Crippen LogP) is 4.16. The number of phenols is 1. The third kappa shape index (κ3) is 6.63. The maximum atomic E-state index is 13.1. The summed E-state index contributed by atoms with van der Waals surface area (Å²) in [6.07, 6.45) is 2.36. The van der Waals surface area contributed by atoms with Gasteiger partial charge in [-0.3, -0.25) is 14.5 Å². The monoisotopic (exact) mass is 580 g/mol. The number of hydrogen-bond acceptors (Lipinski definition) is 7. The third-order valence-electron chi connectivity index (χ3n) is 8.58. The molecule has 4 N–H and O–H groups in total. The standard InChI is InChI=1S/C34H36N4O5/c39-28-11-9-26(27-10-12-31(41)36-33(27)28)29(40)20-35-16-13-22-5-4-8-25(19-22)32(24-6-2-1-3-7-24)37-34(42)43-30-21-38-17-14-23(30)15-18-38/h1-12,19,23,30,32,35,39H,13-18,20-21H2,(H,36,41)(H,37,42)/t30-,32?/m0/s1. The van der Waals surface area contributed by atoms with E-state index in [1.54, 1.807) is 12.1 Å². The lowest BCUT2D eigenvalue weighted by Crippen LogP contribution is -2.52. The minimum absolute atomic E-state index is 0.0686. The number of carbonyl (C=O) groups is 2. The van der Waals surface area contributed by atoms with E-state index in [-0.39, 0.29) is 41.3 Å². The Bertz CT molecular complexity index is 1660. The van der Waals surface area contributed by atoms with Crippen molar-refractivity contribution >= 4 is 22.8 Å². The fourth-order valence-corrected chi connectivity index (χ4v) is 6.28. The van der Waals surface area contributed by atoms with Crippen molar-refractivity contribution < 1.29 is 19.4 Å². The van der Waals surface area contributed by atoms with Crippen molar-refractivity contribution in [1.82, 2.24) is 20.5 Å². The number of hydrogen-bond donors (Lipinski definition) is 4. The smallest absolute Gasteiger partial charge is 0.408 e. The number of rotatable bonds is 10. The van der Waals surface area contributed by atoms with E-state index in [9.17, 15) is 19.5 Å². The zero-order valence-corrected chi connectivity index (χ0v) is 23.9. The molecule has 3 aliphatic heterocycles. The molecule has 0 radical (unpaired) electrons. The van der Waals surface area contributed by atoms with Gasteiger partial charge >= 0.3 is 6.09 Å². The molecule has 4 aromatic rings. The first-order chi connectivity index (χ1) is 20.9. The number of H-pyrrole nitrogens is 1. The molecule has 4 heterocycles. The molecule has 1 amide bonds. The zero-order chi connectivity index (χ0) is 29.8. The summed E-state index contributed by atoms with van der Waals surface area (Å²) in [5.74, 6) is 0.221. The Morgan fingerprint density at radius 3 is 2.53 bits per heavy atom. The molecule has 0 aliphatic carbocycles. The van der Waals surface area contributed by atoms with Gasteiger partial charge in [-0.25, -0.2) is 4.79 Å². The Balaban J connectivity index is 1.09. The van der Waals surface area contributed by atoms with E-state index in [0.717, 1.165) is 49.2 Å². The number of pyridine rings is 1. The van der Waals surface area contributed by atoms with Gasteiger partial charge in [0.2, 0.25) is 5.56 Å². The first-order valence-corrected chi connectivity index (χ1v) is 14.9. The number of ether oxygens (including phenoxy) is 1. The molecule has 222 valence electrons. The van der Waals surface area contributed by atoms with Gasteiger partial charge in [0, 0.05) is 23.6 Å². The molecule has 3 aromatic carbocycles. The molecule has 3 fully saturated rings. The number of aromatic amines is 1. The third-order valence-corrected chi connectivity index (χ3v) is 8.58. The second-order valence-electron chi connectivity index (χ2n) is 11.4. The lowest BCUT2D eigenvalue weighted by molar-refractivity contribution is -0.0336.